The van der Waals surface area contributed by atoms with Crippen molar-refractivity contribution in [3.63, 3.8) is 0 Å². The monoisotopic (exact) mass is 376 g/mol. The topological polar surface area (TPSA) is 76.5 Å². The van der Waals surface area contributed by atoms with Crippen molar-refractivity contribution in [2.24, 2.45) is 5.92 Å². The van der Waals surface area contributed by atoms with Crippen LogP contribution in [0.5, 0.6) is 0 Å². The van der Waals surface area contributed by atoms with Crippen molar-refractivity contribution in [1.82, 2.24) is 14.7 Å². The third kappa shape index (κ3) is 3.76. The van der Waals surface area contributed by atoms with Crippen LogP contribution in [-0.4, -0.2) is 45.9 Å². The van der Waals surface area contributed by atoms with Gasteiger partial charge in [0.2, 0.25) is 5.91 Å². The third-order valence-corrected chi connectivity index (χ3v) is 4.90. The molecule has 2 atom stereocenters. The Morgan fingerprint density at radius 1 is 1.30 bits per heavy atom. The first-order chi connectivity index (χ1) is 13.0. The van der Waals surface area contributed by atoms with Gasteiger partial charge in [0.1, 0.15) is 18.2 Å². The average molecular weight is 376 g/mol. The molecule has 0 unspecified atom stereocenters. The largest absolute Gasteiger partial charge is 0.447 e. The second kappa shape index (κ2) is 6.98. The van der Waals surface area contributed by atoms with Gasteiger partial charge >= 0.3 is 6.09 Å². The number of hydrogen-bond acceptors (Lipinski definition) is 4. The average Bonchev–Trinajstić information content (AvgIpc) is 3.21. The minimum atomic E-state index is -0.702. The van der Waals surface area contributed by atoms with Gasteiger partial charge in [0.05, 0.1) is 11.7 Å². The maximum atomic E-state index is 13.3. The van der Waals surface area contributed by atoms with E-state index in [1.54, 1.807) is 11.0 Å². The van der Waals surface area contributed by atoms with E-state index in [1.165, 1.54) is 10.9 Å². The molecule has 2 amide bonds. The fraction of sp³-hybridized carbons (Fsp3) is 0.389. The lowest BCUT2D eigenvalue weighted by molar-refractivity contribution is -0.117. The molecule has 142 valence electrons. The zero-order chi connectivity index (χ0) is 19.0. The van der Waals surface area contributed by atoms with E-state index in [4.69, 9.17) is 4.74 Å². The van der Waals surface area contributed by atoms with Crippen LogP contribution in [0.3, 0.4) is 0 Å². The summed E-state index contributed by atoms with van der Waals surface area (Å²) in [6.45, 7) is 0.979. The van der Waals surface area contributed by atoms with Gasteiger partial charge in [0.25, 0.3) is 0 Å². The van der Waals surface area contributed by atoms with Crippen molar-refractivity contribution in [3.05, 3.63) is 42.1 Å². The highest BCUT2D eigenvalue weighted by atomic mass is 19.1. The predicted molar refractivity (Wildman–Crippen MR) is 91.3 cm³/mol. The van der Waals surface area contributed by atoms with Crippen LogP contribution < -0.4 is 5.32 Å². The summed E-state index contributed by atoms with van der Waals surface area (Å²) in [4.78, 5) is 25.5. The Morgan fingerprint density at radius 2 is 2.07 bits per heavy atom. The number of anilines is 1. The van der Waals surface area contributed by atoms with Crippen LogP contribution in [0.2, 0.25) is 0 Å². The number of piperidine rings is 1. The first-order valence-corrected chi connectivity index (χ1v) is 8.73. The number of nitrogens with zero attached hydrogens (tertiary/aromatic N) is 3. The molecule has 9 heteroatoms. The van der Waals surface area contributed by atoms with Crippen LogP contribution >= 0.6 is 0 Å². The smallest absolute Gasteiger partial charge is 0.410 e. The number of amides is 2. The minimum absolute atomic E-state index is 0.0473. The second-order valence-electron chi connectivity index (χ2n) is 6.84. The highest BCUT2D eigenvalue weighted by Gasteiger charge is 2.38. The Hall–Kier alpha value is -2.97. The molecule has 0 aliphatic carbocycles. The van der Waals surface area contributed by atoms with Gasteiger partial charge in [0, 0.05) is 31.3 Å². The van der Waals surface area contributed by atoms with E-state index >= 15 is 0 Å². The number of benzene rings is 1. The highest BCUT2D eigenvalue weighted by Crippen LogP contribution is 2.29. The number of fused-ring (bicyclic) bond motifs is 1. The lowest BCUT2D eigenvalue weighted by Crippen LogP contribution is -2.41. The number of carbonyl (C=O) groups excluding carboxylic acids is 2. The summed E-state index contributed by atoms with van der Waals surface area (Å²) >= 11 is 0. The number of rotatable bonds is 4. The molecule has 4 rings (SSSR count). The molecule has 0 radical (unpaired) electrons. The quantitative estimate of drug-likeness (QED) is 0.890. The molecule has 27 heavy (non-hydrogen) atoms. The molecule has 1 N–H and O–H groups in total. The van der Waals surface area contributed by atoms with Crippen molar-refractivity contribution in [3.8, 4) is 5.69 Å². The van der Waals surface area contributed by atoms with Gasteiger partial charge in [-0.05, 0) is 30.9 Å². The van der Waals surface area contributed by atoms with Gasteiger partial charge in [-0.25, -0.2) is 18.3 Å². The molecule has 2 aliphatic rings. The Balaban J connectivity index is 1.35. The fourth-order valence-electron chi connectivity index (χ4n) is 3.63. The predicted octanol–water partition coefficient (Wildman–Crippen LogP) is 2.71. The molecule has 7 nitrogen and oxygen atoms in total. The minimum Gasteiger partial charge on any atom is -0.447 e. The van der Waals surface area contributed by atoms with Crippen LogP contribution in [0.1, 0.15) is 19.3 Å². The number of nitrogens with one attached hydrogen (secondary N) is 1. The second-order valence-corrected chi connectivity index (χ2v) is 6.84. The summed E-state index contributed by atoms with van der Waals surface area (Å²) in [5.74, 6) is -1.12. The molecule has 2 aromatic rings. The van der Waals surface area contributed by atoms with Crippen LogP contribution in [0.25, 0.3) is 5.69 Å². The number of halogens is 2. The van der Waals surface area contributed by atoms with Gasteiger partial charge in [-0.3, -0.25) is 4.79 Å². The maximum absolute atomic E-state index is 13.3. The third-order valence-electron chi connectivity index (χ3n) is 4.90. The molecule has 1 aromatic carbocycles. The standard InChI is InChI=1S/C18H18F2N4O3/c19-12-7-13(20)9-14(8-12)24-4-2-16(22-24)21-17(25)6-11-1-3-23-15(5-11)10-27-18(23)26/h2,4,7-9,11,15H,1,3,5-6,10H2,(H,21,22,25)/t11-,15+/m0/s1. The molecule has 0 spiro atoms. The van der Waals surface area contributed by atoms with Gasteiger partial charge in [0.15, 0.2) is 5.82 Å². The molecule has 2 aliphatic heterocycles. The van der Waals surface area contributed by atoms with Crippen LogP contribution in [0.4, 0.5) is 19.4 Å². The van der Waals surface area contributed by atoms with E-state index in [0.717, 1.165) is 31.0 Å². The van der Waals surface area contributed by atoms with Gasteiger partial charge in [-0.2, -0.15) is 5.10 Å². The highest BCUT2D eigenvalue weighted by molar-refractivity contribution is 5.89. The van der Waals surface area contributed by atoms with E-state index in [2.05, 4.69) is 10.4 Å². The van der Waals surface area contributed by atoms with E-state index in [9.17, 15) is 18.4 Å². The van der Waals surface area contributed by atoms with Crippen molar-refractivity contribution >= 4 is 17.8 Å². The fourth-order valence-corrected chi connectivity index (χ4v) is 3.63. The first-order valence-electron chi connectivity index (χ1n) is 8.73. The molecular weight excluding hydrogens is 358 g/mol. The van der Waals surface area contributed by atoms with Crippen molar-refractivity contribution in [2.45, 2.75) is 25.3 Å². The molecule has 2 fully saturated rings. The summed E-state index contributed by atoms with van der Waals surface area (Å²) < 4.78 is 33.0. The number of carbonyl (C=O) groups is 2. The van der Waals surface area contributed by atoms with Gasteiger partial charge in [-0.15, -0.1) is 0 Å². The zero-order valence-corrected chi connectivity index (χ0v) is 14.4. The summed E-state index contributed by atoms with van der Waals surface area (Å²) in [6, 6.07) is 4.70. The van der Waals surface area contributed by atoms with Crippen LogP contribution in [0, 0.1) is 17.6 Å². The maximum Gasteiger partial charge on any atom is 0.410 e. The van der Waals surface area contributed by atoms with Crippen LogP contribution in [0.15, 0.2) is 30.5 Å². The number of cyclic esters (lactones) is 1. The Labute approximate surface area is 153 Å². The van der Waals surface area contributed by atoms with E-state index in [0.29, 0.717) is 25.4 Å². The van der Waals surface area contributed by atoms with E-state index < -0.39 is 11.6 Å². The molecule has 3 heterocycles. The lowest BCUT2D eigenvalue weighted by atomic mass is 9.89. The van der Waals surface area contributed by atoms with Gasteiger partial charge in [-0.1, -0.05) is 0 Å². The van der Waals surface area contributed by atoms with Crippen molar-refractivity contribution < 1.29 is 23.1 Å². The Kier molecular flexibility index (Phi) is 4.51. The Bertz CT molecular complexity index is 865. The number of hydrogen-bond donors (Lipinski definition) is 1. The van der Waals surface area contributed by atoms with Crippen molar-refractivity contribution in [1.29, 1.82) is 0 Å². The molecule has 0 saturated carbocycles. The van der Waals surface area contributed by atoms with Gasteiger partial charge < -0.3 is 15.0 Å². The van der Waals surface area contributed by atoms with E-state index in [-0.39, 0.29) is 29.6 Å². The summed E-state index contributed by atoms with van der Waals surface area (Å²) in [5, 5.41) is 6.84. The molecule has 0 bridgehead atoms. The SMILES string of the molecule is O=C(C[C@H]1CCN2C(=O)OC[C@H]2C1)Nc1ccn(-c2cc(F)cc(F)c2)n1. The normalized spacial score (nSPS) is 21.7. The summed E-state index contributed by atoms with van der Waals surface area (Å²) in [5.41, 5.74) is 0.228. The zero-order valence-electron chi connectivity index (χ0n) is 14.4. The van der Waals surface area contributed by atoms with E-state index in [1.807, 2.05) is 0 Å². The molecule has 1 aromatic heterocycles. The molecular formula is C18H18F2N4O3. The summed E-state index contributed by atoms with van der Waals surface area (Å²) in [6.07, 6.45) is 3.04. The number of aromatic nitrogens is 2. The number of ether oxygens (including phenoxy) is 1. The summed E-state index contributed by atoms with van der Waals surface area (Å²) in [7, 11) is 0. The Morgan fingerprint density at radius 3 is 2.85 bits per heavy atom. The van der Waals surface area contributed by atoms with Crippen LogP contribution in [-0.2, 0) is 9.53 Å². The lowest BCUT2D eigenvalue weighted by Gasteiger charge is -2.31. The van der Waals surface area contributed by atoms with Crippen molar-refractivity contribution in [2.75, 3.05) is 18.5 Å². The molecule has 2 saturated heterocycles. The first kappa shape index (κ1) is 17.4.